The molecule has 0 saturated heterocycles. The molecular formula is C15H15N3O2. The second kappa shape index (κ2) is 5.97. The SMILES string of the molecule is C/C(=N\NC(=O)c1ccncc1)c1cc(C)ccc1O. The Morgan fingerprint density at radius 3 is 2.65 bits per heavy atom. The molecule has 2 N–H and O–H groups in total. The number of carbonyl (C=O) groups excluding carboxylic acids is 1. The van der Waals surface area contributed by atoms with Gasteiger partial charge in [0.25, 0.3) is 5.91 Å². The zero-order valence-corrected chi connectivity index (χ0v) is 11.3. The number of benzene rings is 1. The van der Waals surface area contributed by atoms with Crippen molar-refractivity contribution in [1.29, 1.82) is 0 Å². The van der Waals surface area contributed by atoms with Crippen molar-refractivity contribution in [3.8, 4) is 5.75 Å². The number of phenolic OH excluding ortho intramolecular Hbond substituents is 1. The van der Waals surface area contributed by atoms with Crippen LogP contribution >= 0.6 is 0 Å². The fourth-order valence-electron chi connectivity index (χ4n) is 1.70. The second-order valence-corrected chi connectivity index (χ2v) is 4.39. The molecule has 0 aliphatic carbocycles. The van der Waals surface area contributed by atoms with Crippen LogP contribution in [0.15, 0.2) is 47.8 Å². The third kappa shape index (κ3) is 3.20. The van der Waals surface area contributed by atoms with Crippen LogP contribution in [0.3, 0.4) is 0 Å². The van der Waals surface area contributed by atoms with Crippen molar-refractivity contribution >= 4 is 11.6 Å². The van der Waals surface area contributed by atoms with Gasteiger partial charge in [0.15, 0.2) is 0 Å². The van der Waals surface area contributed by atoms with Gasteiger partial charge in [-0.05, 0) is 38.1 Å². The topological polar surface area (TPSA) is 74.6 Å². The average Bonchev–Trinajstić information content (AvgIpc) is 2.47. The number of amides is 1. The van der Waals surface area contributed by atoms with Crippen LogP contribution in [-0.2, 0) is 0 Å². The Kier molecular flexibility index (Phi) is 4.10. The Morgan fingerprint density at radius 1 is 1.25 bits per heavy atom. The molecule has 2 aromatic rings. The van der Waals surface area contributed by atoms with Gasteiger partial charge >= 0.3 is 0 Å². The van der Waals surface area contributed by atoms with Crippen LogP contribution in [0, 0.1) is 6.92 Å². The van der Waals surface area contributed by atoms with E-state index in [1.54, 1.807) is 25.1 Å². The Bertz CT molecular complexity index is 651. The largest absolute Gasteiger partial charge is 0.507 e. The van der Waals surface area contributed by atoms with E-state index in [4.69, 9.17) is 0 Å². The minimum absolute atomic E-state index is 0.134. The Balaban J connectivity index is 2.15. The van der Waals surface area contributed by atoms with Crippen LogP contribution in [0.2, 0.25) is 0 Å². The highest BCUT2D eigenvalue weighted by Crippen LogP contribution is 2.18. The number of rotatable bonds is 3. The number of aryl methyl sites for hydroxylation is 1. The van der Waals surface area contributed by atoms with Gasteiger partial charge < -0.3 is 5.11 Å². The fourth-order valence-corrected chi connectivity index (χ4v) is 1.70. The molecule has 0 spiro atoms. The summed E-state index contributed by atoms with van der Waals surface area (Å²) in [6.07, 6.45) is 3.08. The van der Waals surface area contributed by atoms with E-state index in [2.05, 4.69) is 15.5 Å². The molecule has 0 radical (unpaired) electrons. The van der Waals surface area contributed by atoms with Crippen LogP contribution in [0.25, 0.3) is 0 Å². The van der Waals surface area contributed by atoms with E-state index in [0.29, 0.717) is 16.8 Å². The summed E-state index contributed by atoms with van der Waals surface area (Å²) >= 11 is 0. The molecule has 1 aromatic carbocycles. The number of nitrogens with one attached hydrogen (secondary N) is 1. The van der Waals surface area contributed by atoms with Crippen LogP contribution in [-0.4, -0.2) is 21.7 Å². The normalized spacial score (nSPS) is 11.2. The van der Waals surface area contributed by atoms with Gasteiger partial charge in [-0.2, -0.15) is 5.10 Å². The summed E-state index contributed by atoms with van der Waals surface area (Å²) < 4.78 is 0. The van der Waals surface area contributed by atoms with Crippen LogP contribution in [0.1, 0.15) is 28.4 Å². The number of aromatic hydroxyl groups is 1. The molecule has 1 heterocycles. The molecule has 0 atom stereocenters. The lowest BCUT2D eigenvalue weighted by molar-refractivity contribution is 0.0954. The van der Waals surface area contributed by atoms with Crippen molar-refractivity contribution < 1.29 is 9.90 Å². The molecular weight excluding hydrogens is 254 g/mol. The highest BCUT2D eigenvalue weighted by molar-refractivity contribution is 6.02. The molecule has 0 saturated carbocycles. The third-order valence-corrected chi connectivity index (χ3v) is 2.81. The van der Waals surface area contributed by atoms with E-state index in [9.17, 15) is 9.90 Å². The van der Waals surface area contributed by atoms with Gasteiger partial charge in [-0.3, -0.25) is 9.78 Å². The van der Waals surface area contributed by atoms with Gasteiger partial charge in [-0.15, -0.1) is 0 Å². The number of nitrogens with zero attached hydrogens (tertiary/aromatic N) is 2. The van der Waals surface area contributed by atoms with E-state index in [1.807, 2.05) is 19.1 Å². The zero-order valence-electron chi connectivity index (χ0n) is 11.3. The molecule has 0 aliphatic heterocycles. The van der Waals surface area contributed by atoms with Gasteiger partial charge in [0.2, 0.25) is 0 Å². The lowest BCUT2D eigenvalue weighted by Gasteiger charge is -2.06. The van der Waals surface area contributed by atoms with Crippen molar-refractivity contribution in [2.24, 2.45) is 5.10 Å². The zero-order chi connectivity index (χ0) is 14.5. The maximum absolute atomic E-state index is 11.8. The first-order valence-corrected chi connectivity index (χ1v) is 6.12. The van der Waals surface area contributed by atoms with E-state index in [1.165, 1.54) is 12.4 Å². The maximum Gasteiger partial charge on any atom is 0.271 e. The summed E-state index contributed by atoms with van der Waals surface area (Å²) in [6, 6.07) is 8.43. The molecule has 0 aliphatic rings. The summed E-state index contributed by atoms with van der Waals surface area (Å²) in [6.45, 7) is 3.65. The number of carbonyl (C=O) groups is 1. The lowest BCUT2D eigenvalue weighted by Crippen LogP contribution is -2.19. The molecule has 2 rings (SSSR count). The molecule has 0 unspecified atom stereocenters. The Morgan fingerprint density at radius 2 is 1.95 bits per heavy atom. The number of pyridine rings is 1. The first-order chi connectivity index (χ1) is 9.58. The number of hydrogen-bond donors (Lipinski definition) is 2. The first-order valence-electron chi connectivity index (χ1n) is 6.12. The molecule has 5 nitrogen and oxygen atoms in total. The summed E-state index contributed by atoms with van der Waals surface area (Å²) in [5.74, 6) is -0.186. The number of hydrazone groups is 1. The predicted octanol–water partition coefficient (Wildman–Crippen LogP) is 2.25. The third-order valence-electron chi connectivity index (χ3n) is 2.81. The number of aromatic nitrogens is 1. The van der Waals surface area contributed by atoms with E-state index in [0.717, 1.165) is 5.56 Å². The fraction of sp³-hybridized carbons (Fsp3) is 0.133. The Labute approximate surface area is 117 Å². The lowest BCUT2D eigenvalue weighted by atomic mass is 10.1. The molecule has 0 bridgehead atoms. The van der Waals surface area contributed by atoms with Crippen molar-refractivity contribution in [3.63, 3.8) is 0 Å². The van der Waals surface area contributed by atoms with Crippen molar-refractivity contribution in [1.82, 2.24) is 10.4 Å². The summed E-state index contributed by atoms with van der Waals surface area (Å²) in [5.41, 5.74) is 5.07. The van der Waals surface area contributed by atoms with Crippen molar-refractivity contribution in [2.75, 3.05) is 0 Å². The molecule has 1 aromatic heterocycles. The Hall–Kier alpha value is -2.69. The van der Waals surface area contributed by atoms with Gasteiger partial charge in [0.1, 0.15) is 5.75 Å². The molecule has 20 heavy (non-hydrogen) atoms. The minimum atomic E-state index is -0.320. The van der Waals surface area contributed by atoms with E-state index in [-0.39, 0.29) is 11.7 Å². The molecule has 1 amide bonds. The number of hydrogen-bond acceptors (Lipinski definition) is 4. The van der Waals surface area contributed by atoms with Crippen LogP contribution in [0.5, 0.6) is 5.75 Å². The summed E-state index contributed by atoms with van der Waals surface area (Å²) in [5, 5.41) is 13.8. The quantitative estimate of drug-likeness (QED) is 0.663. The predicted molar refractivity (Wildman–Crippen MR) is 76.8 cm³/mol. The smallest absolute Gasteiger partial charge is 0.271 e. The highest BCUT2D eigenvalue weighted by atomic mass is 16.3. The van der Waals surface area contributed by atoms with Gasteiger partial charge in [0, 0.05) is 23.5 Å². The second-order valence-electron chi connectivity index (χ2n) is 4.39. The van der Waals surface area contributed by atoms with Crippen LogP contribution < -0.4 is 5.43 Å². The van der Waals surface area contributed by atoms with Gasteiger partial charge in [0.05, 0.1) is 5.71 Å². The average molecular weight is 269 g/mol. The molecule has 5 heteroatoms. The summed E-state index contributed by atoms with van der Waals surface area (Å²) in [7, 11) is 0. The molecule has 102 valence electrons. The molecule has 0 fully saturated rings. The first kappa shape index (κ1) is 13.7. The maximum atomic E-state index is 11.8. The van der Waals surface area contributed by atoms with Crippen molar-refractivity contribution in [2.45, 2.75) is 13.8 Å². The van der Waals surface area contributed by atoms with E-state index >= 15 is 0 Å². The monoisotopic (exact) mass is 269 g/mol. The van der Waals surface area contributed by atoms with Crippen LogP contribution in [0.4, 0.5) is 0 Å². The standard InChI is InChI=1S/C15H15N3O2/c1-10-3-4-14(19)13(9-10)11(2)17-18-15(20)12-5-7-16-8-6-12/h3-9,19H,1-2H3,(H,18,20)/b17-11+. The highest BCUT2D eigenvalue weighted by Gasteiger charge is 2.07. The number of phenols is 1. The van der Waals surface area contributed by atoms with Crippen molar-refractivity contribution in [3.05, 3.63) is 59.4 Å². The minimum Gasteiger partial charge on any atom is -0.507 e. The van der Waals surface area contributed by atoms with Gasteiger partial charge in [-0.25, -0.2) is 5.43 Å². The van der Waals surface area contributed by atoms with E-state index < -0.39 is 0 Å². The summed E-state index contributed by atoms with van der Waals surface area (Å²) in [4.78, 5) is 15.7. The van der Waals surface area contributed by atoms with Gasteiger partial charge in [-0.1, -0.05) is 11.6 Å².